The molecule has 2 aromatic rings. The van der Waals surface area contributed by atoms with Crippen LogP contribution in [0.3, 0.4) is 0 Å². The minimum Gasteiger partial charge on any atom is -0.491 e. The Labute approximate surface area is 223 Å². The number of aryl methyl sites for hydroxylation is 2. The highest BCUT2D eigenvalue weighted by molar-refractivity contribution is 6.65. The predicted molar refractivity (Wildman–Crippen MR) is 143 cm³/mol. The third-order valence-corrected chi connectivity index (χ3v) is 7.57. The lowest BCUT2D eigenvalue weighted by molar-refractivity contribution is -0.0266. The number of aliphatic hydroxyl groups is 2. The van der Waals surface area contributed by atoms with Crippen molar-refractivity contribution in [3.05, 3.63) is 46.5 Å². The third kappa shape index (κ3) is 4.73. The minimum atomic E-state index is -0.766. The number of hydrogen-bond donors (Lipinski definition) is 4. The zero-order chi connectivity index (χ0) is 27.2. The van der Waals surface area contributed by atoms with Gasteiger partial charge in [-0.1, -0.05) is 12.1 Å². The summed E-state index contributed by atoms with van der Waals surface area (Å²) in [5.74, 6) is 1.53. The molecule has 2 aromatic carbocycles. The molecule has 0 radical (unpaired) electrons. The van der Waals surface area contributed by atoms with Crippen LogP contribution >= 0.6 is 0 Å². The molecule has 4 heterocycles. The SMILES string of the molecule is Cc1ccc2c3c1[C@@H](CN)OB3O[C@@](C)(CO)CO2.Cc1ccc2c3c1[C@@H](CN)OB3O[C@](C)(CO)CO2. The van der Waals surface area contributed by atoms with Crippen LogP contribution in [-0.4, -0.2) is 75.2 Å². The molecule has 6 rings (SSSR count). The average Bonchev–Trinajstić information content (AvgIpc) is 3.38. The van der Waals surface area contributed by atoms with Gasteiger partial charge in [-0.15, -0.1) is 0 Å². The highest BCUT2D eigenvalue weighted by Gasteiger charge is 2.48. The van der Waals surface area contributed by atoms with E-state index in [1.54, 1.807) is 0 Å². The topological polar surface area (TPSA) is 148 Å². The van der Waals surface area contributed by atoms with E-state index in [1.807, 2.05) is 52.0 Å². The largest absolute Gasteiger partial charge is 0.499 e. The van der Waals surface area contributed by atoms with Crippen molar-refractivity contribution in [3.8, 4) is 11.5 Å². The molecule has 4 aliphatic heterocycles. The highest BCUT2D eigenvalue weighted by atomic mass is 16.6. The Bertz CT molecular complexity index is 1110. The summed E-state index contributed by atoms with van der Waals surface area (Å²) in [5.41, 5.74) is 16.2. The Morgan fingerprint density at radius 3 is 1.50 bits per heavy atom. The molecule has 0 unspecified atom stereocenters. The van der Waals surface area contributed by atoms with Crippen LogP contribution in [0.2, 0.25) is 0 Å². The maximum absolute atomic E-state index is 9.48. The third-order valence-electron chi connectivity index (χ3n) is 7.57. The van der Waals surface area contributed by atoms with Gasteiger partial charge in [0.1, 0.15) is 35.9 Å². The summed E-state index contributed by atoms with van der Waals surface area (Å²) >= 11 is 0. The van der Waals surface area contributed by atoms with Crippen LogP contribution in [-0.2, 0) is 18.6 Å². The Morgan fingerprint density at radius 1 is 0.763 bits per heavy atom. The Balaban J connectivity index is 0.000000155. The average molecular weight is 526 g/mol. The normalized spacial score (nSPS) is 28.8. The van der Waals surface area contributed by atoms with E-state index >= 15 is 0 Å². The fourth-order valence-corrected chi connectivity index (χ4v) is 5.35. The van der Waals surface area contributed by atoms with Crippen molar-refractivity contribution in [2.24, 2.45) is 11.5 Å². The summed E-state index contributed by atoms with van der Waals surface area (Å²) in [4.78, 5) is 0. The van der Waals surface area contributed by atoms with Crippen LogP contribution in [0.25, 0.3) is 0 Å². The Kier molecular flexibility index (Phi) is 7.53. The Hall–Kier alpha value is -2.15. The van der Waals surface area contributed by atoms with Crippen molar-refractivity contribution in [2.45, 2.75) is 51.1 Å². The molecule has 0 amide bonds. The molecule has 204 valence electrons. The van der Waals surface area contributed by atoms with Gasteiger partial charge in [-0.25, -0.2) is 0 Å². The fraction of sp³-hybridized carbons (Fsp3) is 0.538. The van der Waals surface area contributed by atoms with Crippen molar-refractivity contribution in [2.75, 3.05) is 39.5 Å². The number of aliphatic hydroxyl groups excluding tert-OH is 2. The summed E-state index contributed by atoms with van der Waals surface area (Å²) in [6.07, 6.45) is -0.353. The van der Waals surface area contributed by atoms with Gasteiger partial charge in [0.15, 0.2) is 0 Å². The molecule has 10 nitrogen and oxygen atoms in total. The van der Waals surface area contributed by atoms with Crippen molar-refractivity contribution < 1.29 is 38.3 Å². The molecule has 6 N–H and O–H groups in total. The van der Waals surface area contributed by atoms with E-state index in [4.69, 9.17) is 39.6 Å². The number of nitrogens with two attached hydrogens (primary N) is 2. The predicted octanol–water partition coefficient (Wildman–Crippen LogP) is -0.240. The molecule has 0 aliphatic carbocycles. The van der Waals surface area contributed by atoms with Crippen molar-refractivity contribution >= 4 is 25.2 Å². The van der Waals surface area contributed by atoms with Crippen LogP contribution in [0, 0.1) is 13.8 Å². The molecule has 38 heavy (non-hydrogen) atoms. The molecule has 12 heteroatoms. The first-order valence-electron chi connectivity index (χ1n) is 13.0. The lowest BCUT2D eigenvalue weighted by Crippen LogP contribution is -2.45. The Morgan fingerprint density at radius 2 is 1.16 bits per heavy atom. The van der Waals surface area contributed by atoms with Gasteiger partial charge in [0, 0.05) is 24.0 Å². The number of rotatable bonds is 4. The molecule has 0 bridgehead atoms. The van der Waals surface area contributed by atoms with Gasteiger partial charge in [0.2, 0.25) is 0 Å². The zero-order valence-corrected chi connectivity index (χ0v) is 22.4. The maximum Gasteiger partial charge on any atom is 0.499 e. The van der Waals surface area contributed by atoms with Crippen molar-refractivity contribution in [1.82, 2.24) is 0 Å². The summed E-state index contributed by atoms with van der Waals surface area (Å²) in [7, 11) is -1.03. The summed E-state index contributed by atoms with van der Waals surface area (Å²) in [5, 5.41) is 19.0. The highest BCUT2D eigenvalue weighted by Crippen LogP contribution is 2.36. The van der Waals surface area contributed by atoms with E-state index in [-0.39, 0.29) is 25.4 Å². The first kappa shape index (κ1) is 27.4. The van der Waals surface area contributed by atoms with Gasteiger partial charge >= 0.3 is 14.2 Å². The second-order valence-corrected chi connectivity index (χ2v) is 10.8. The molecule has 4 aliphatic rings. The molecule has 4 atom stereocenters. The second-order valence-electron chi connectivity index (χ2n) is 10.8. The van der Waals surface area contributed by atoms with Gasteiger partial charge in [-0.3, -0.25) is 0 Å². The van der Waals surface area contributed by atoms with Gasteiger partial charge in [-0.2, -0.15) is 0 Å². The molecule has 0 fully saturated rings. The lowest BCUT2D eigenvalue weighted by atomic mass is 9.76. The van der Waals surface area contributed by atoms with Crippen LogP contribution in [0.1, 0.15) is 48.3 Å². The molecule has 0 saturated heterocycles. The van der Waals surface area contributed by atoms with Gasteiger partial charge in [0.25, 0.3) is 0 Å². The fourth-order valence-electron chi connectivity index (χ4n) is 5.35. The zero-order valence-electron chi connectivity index (χ0n) is 22.4. The van der Waals surface area contributed by atoms with Gasteiger partial charge < -0.3 is 49.8 Å². The van der Waals surface area contributed by atoms with Crippen molar-refractivity contribution in [1.29, 1.82) is 0 Å². The monoisotopic (exact) mass is 526 g/mol. The van der Waals surface area contributed by atoms with Gasteiger partial charge in [0.05, 0.1) is 25.4 Å². The van der Waals surface area contributed by atoms with E-state index in [0.29, 0.717) is 26.3 Å². The van der Waals surface area contributed by atoms with Crippen LogP contribution < -0.4 is 31.9 Å². The maximum atomic E-state index is 9.48. The van der Waals surface area contributed by atoms with Crippen LogP contribution in [0.15, 0.2) is 24.3 Å². The van der Waals surface area contributed by atoms with Crippen LogP contribution in [0.5, 0.6) is 11.5 Å². The minimum absolute atomic E-state index is 0.123. The molecule has 0 saturated carbocycles. The number of ether oxygens (including phenoxy) is 2. The number of hydrogen-bond acceptors (Lipinski definition) is 10. The molecular weight excluding hydrogens is 490 g/mol. The van der Waals surface area contributed by atoms with E-state index in [2.05, 4.69) is 0 Å². The van der Waals surface area contributed by atoms with Crippen molar-refractivity contribution in [3.63, 3.8) is 0 Å². The van der Waals surface area contributed by atoms with Gasteiger partial charge in [-0.05, 0) is 62.1 Å². The second kappa shape index (κ2) is 10.4. The van der Waals surface area contributed by atoms with E-state index in [0.717, 1.165) is 44.7 Å². The van der Waals surface area contributed by atoms with E-state index < -0.39 is 25.4 Å². The molecule has 0 aromatic heterocycles. The quantitative estimate of drug-likeness (QED) is 0.394. The van der Waals surface area contributed by atoms with E-state index in [1.165, 1.54) is 0 Å². The smallest absolute Gasteiger partial charge is 0.491 e. The number of benzene rings is 2. The lowest BCUT2D eigenvalue weighted by Gasteiger charge is -2.27. The first-order chi connectivity index (χ1) is 18.2. The van der Waals surface area contributed by atoms with Crippen LogP contribution in [0.4, 0.5) is 0 Å². The summed E-state index contributed by atoms with van der Waals surface area (Å²) in [6.45, 7) is 8.82. The molecular formula is C26H36B2N2O8. The van der Waals surface area contributed by atoms with E-state index in [9.17, 15) is 10.2 Å². The summed E-state index contributed by atoms with van der Waals surface area (Å²) < 4.78 is 35.2. The molecule has 0 spiro atoms. The standard InChI is InChI=1S/2C13H18BNO4/c2*1-8-3-4-9-12-11(8)10(5-15)18-14(12)19-13(2,6-16)7-17-9/h2*3-4,10,16H,5-7,15H2,1-2H3/t10-,13+;10-,13-/m11/s1. The summed E-state index contributed by atoms with van der Waals surface area (Å²) in [6, 6.07) is 7.86. The first-order valence-corrected chi connectivity index (χ1v) is 13.0.